The van der Waals surface area contributed by atoms with E-state index < -0.39 is 0 Å². The Labute approximate surface area is 188 Å². The van der Waals surface area contributed by atoms with Gasteiger partial charge in [0.15, 0.2) is 5.16 Å². The van der Waals surface area contributed by atoms with Gasteiger partial charge in [-0.1, -0.05) is 36.4 Å². The van der Waals surface area contributed by atoms with Gasteiger partial charge >= 0.3 is 0 Å². The average molecular weight is 460 g/mol. The molecule has 1 aromatic carbocycles. The maximum absolute atomic E-state index is 13.3. The molecule has 0 saturated carbocycles. The van der Waals surface area contributed by atoms with E-state index in [4.69, 9.17) is 16.6 Å². The van der Waals surface area contributed by atoms with Crippen LogP contribution in [0.4, 0.5) is 5.69 Å². The van der Waals surface area contributed by atoms with Gasteiger partial charge in [0, 0.05) is 22.1 Å². The van der Waals surface area contributed by atoms with Crippen molar-refractivity contribution in [2.45, 2.75) is 37.9 Å². The number of anilines is 1. The maximum Gasteiger partial charge on any atom is 0.263 e. The summed E-state index contributed by atoms with van der Waals surface area (Å²) >= 11 is 8.77. The second kappa shape index (κ2) is 8.96. The van der Waals surface area contributed by atoms with Gasteiger partial charge in [-0.25, -0.2) is 4.98 Å². The molecular weight excluding hydrogens is 438 g/mol. The Morgan fingerprint density at radius 3 is 2.93 bits per heavy atom. The van der Waals surface area contributed by atoms with Crippen LogP contribution in [0.25, 0.3) is 10.2 Å². The van der Waals surface area contributed by atoms with Crippen LogP contribution in [0.2, 0.25) is 5.02 Å². The minimum Gasteiger partial charge on any atom is -0.325 e. The molecule has 0 bridgehead atoms. The van der Waals surface area contributed by atoms with Crippen molar-refractivity contribution >= 4 is 56.5 Å². The van der Waals surface area contributed by atoms with Crippen molar-refractivity contribution in [1.29, 1.82) is 0 Å². The molecule has 4 rings (SSSR count). The van der Waals surface area contributed by atoms with Gasteiger partial charge in [0.1, 0.15) is 4.83 Å². The molecule has 1 atom stereocenters. The number of aromatic nitrogens is 2. The molecule has 1 amide bonds. The van der Waals surface area contributed by atoms with E-state index in [1.54, 1.807) is 46.2 Å². The predicted molar refractivity (Wildman–Crippen MR) is 126 cm³/mol. The second-order valence-electron chi connectivity index (χ2n) is 7.47. The summed E-state index contributed by atoms with van der Waals surface area (Å²) in [5.41, 5.74) is 1.81. The van der Waals surface area contributed by atoms with E-state index in [-0.39, 0.29) is 17.2 Å². The topological polar surface area (TPSA) is 64.0 Å². The minimum absolute atomic E-state index is 0.0347. The lowest BCUT2D eigenvalue weighted by Gasteiger charge is -2.17. The number of amides is 1. The highest BCUT2D eigenvalue weighted by Crippen LogP contribution is 2.36. The van der Waals surface area contributed by atoms with Crippen LogP contribution in [0, 0.1) is 5.92 Å². The SMILES string of the molecule is C=CCn1c(SCC(=O)Nc2ccc(Cl)cc2)nc2sc3c(c2c1=O)CC[C@@H](C)C3. The number of allylic oxidation sites excluding steroid dienone is 1. The molecule has 0 aliphatic heterocycles. The molecule has 3 aromatic rings. The molecule has 5 nitrogen and oxygen atoms in total. The summed E-state index contributed by atoms with van der Waals surface area (Å²) < 4.78 is 1.63. The third-order valence-corrected chi connectivity index (χ3v) is 7.53. The highest BCUT2D eigenvalue weighted by atomic mass is 35.5. The monoisotopic (exact) mass is 459 g/mol. The average Bonchev–Trinajstić information content (AvgIpc) is 3.08. The highest BCUT2D eigenvalue weighted by Gasteiger charge is 2.24. The molecule has 0 unspecified atom stereocenters. The summed E-state index contributed by atoms with van der Waals surface area (Å²) in [5.74, 6) is 0.618. The quantitative estimate of drug-likeness (QED) is 0.314. The van der Waals surface area contributed by atoms with Crippen molar-refractivity contribution in [2.75, 3.05) is 11.1 Å². The summed E-state index contributed by atoms with van der Waals surface area (Å²) in [7, 11) is 0. The van der Waals surface area contributed by atoms with Gasteiger partial charge in [-0.2, -0.15) is 0 Å². The lowest BCUT2D eigenvalue weighted by molar-refractivity contribution is -0.113. The zero-order valence-electron chi connectivity index (χ0n) is 16.6. The van der Waals surface area contributed by atoms with Gasteiger partial charge < -0.3 is 5.32 Å². The number of carbonyl (C=O) groups is 1. The van der Waals surface area contributed by atoms with E-state index in [1.807, 2.05) is 0 Å². The van der Waals surface area contributed by atoms with Gasteiger partial charge in [0.2, 0.25) is 5.91 Å². The summed E-state index contributed by atoms with van der Waals surface area (Å²) in [5, 5.41) is 4.74. The maximum atomic E-state index is 13.3. The molecule has 30 heavy (non-hydrogen) atoms. The van der Waals surface area contributed by atoms with Crippen LogP contribution in [0.5, 0.6) is 0 Å². The highest BCUT2D eigenvalue weighted by molar-refractivity contribution is 7.99. The Morgan fingerprint density at radius 1 is 1.43 bits per heavy atom. The number of thioether (sulfide) groups is 1. The Morgan fingerprint density at radius 2 is 2.20 bits per heavy atom. The third kappa shape index (κ3) is 4.33. The number of carbonyl (C=O) groups excluding carboxylic acids is 1. The van der Waals surface area contributed by atoms with Crippen molar-refractivity contribution in [1.82, 2.24) is 9.55 Å². The molecule has 0 radical (unpaired) electrons. The van der Waals surface area contributed by atoms with Crippen LogP contribution < -0.4 is 10.9 Å². The fourth-order valence-corrected chi connectivity index (χ4v) is 6.02. The smallest absolute Gasteiger partial charge is 0.263 e. The summed E-state index contributed by atoms with van der Waals surface area (Å²) in [6.07, 6.45) is 4.72. The van der Waals surface area contributed by atoms with E-state index in [2.05, 4.69) is 18.8 Å². The normalized spacial score (nSPS) is 15.7. The van der Waals surface area contributed by atoms with Crippen LogP contribution in [0.3, 0.4) is 0 Å². The molecule has 8 heteroatoms. The molecule has 156 valence electrons. The standard InChI is InChI=1S/C22H22ClN3O2S2/c1-3-10-26-21(28)19-16-9-4-13(2)11-17(16)30-20(19)25-22(26)29-12-18(27)24-15-7-5-14(23)6-8-15/h3,5-8,13H,1,4,9-12H2,2H3,(H,24,27)/t13-/m1/s1. The summed E-state index contributed by atoms with van der Waals surface area (Å²) in [4.78, 5) is 32.5. The molecule has 0 spiro atoms. The van der Waals surface area contributed by atoms with Gasteiger partial charge in [-0.3, -0.25) is 14.2 Å². The van der Waals surface area contributed by atoms with Crippen LogP contribution in [0.1, 0.15) is 23.8 Å². The first-order valence-corrected chi connectivity index (χ1v) is 12.0. The number of hydrogen-bond acceptors (Lipinski definition) is 5. The number of fused-ring (bicyclic) bond motifs is 3. The Balaban J connectivity index is 1.60. The fourth-order valence-electron chi connectivity index (χ4n) is 3.67. The minimum atomic E-state index is -0.166. The van der Waals surface area contributed by atoms with Crippen LogP contribution in [0.15, 0.2) is 46.9 Å². The van der Waals surface area contributed by atoms with E-state index >= 15 is 0 Å². The van der Waals surface area contributed by atoms with E-state index in [1.165, 1.54) is 22.2 Å². The Bertz CT molecular complexity index is 1170. The second-order valence-corrected chi connectivity index (χ2v) is 9.94. The predicted octanol–water partition coefficient (Wildman–Crippen LogP) is 5.15. The number of hydrogen-bond donors (Lipinski definition) is 1. The zero-order chi connectivity index (χ0) is 21.3. The fraction of sp³-hybridized carbons (Fsp3) is 0.318. The number of thiophene rings is 1. The number of benzene rings is 1. The Hall–Kier alpha value is -2.09. The number of nitrogens with one attached hydrogen (secondary N) is 1. The molecular formula is C22H22ClN3O2S2. The largest absolute Gasteiger partial charge is 0.325 e. The number of nitrogens with zero attached hydrogens (tertiary/aromatic N) is 2. The van der Waals surface area contributed by atoms with Gasteiger partial charge in [-0.15, -0.1) is 17.9 Å². The molecule has 0 saturated heterocycles. The third-order valence-electron chi connectivity index (χ3n) is 5.15. The van der Waals surface area contributed by atoms with Gasteiger partial charge in [0.25, 0.3) is 5.56 Å². The lowest BCUT2D eigenvalue weighted by atomic mass is 9.89. The van der Waals surface area contributed by atoms with Crippen molar-refractivity contribution in [3.8, 4) is 0 Å². The van der Waals surface area contributed by atoms with Crippen LogP contribution in [-0.2, 0) is 24.2 Å². The zero-order valence-corrected chi connectivity index (χ0v) is 19.0. The summed E-state index contributed by atoms with van der Waals surface area (Å²) in [6.45, 7) is 6.39. The first kappa shape index (κ1) is 21.2. The van der Waals surface area contributed by atoms with Gasteiger partial charge in [0.05, 0.1) is 11.1 Å². The van der Waals surface area contributed by atoms with E-state index in [9.17, 15) is 9.59 Å². The number of rotatable bonds is 6. The first-order chi connectivity index (χ1) is 14.5. The van der Waals surface area contributed by atoms with Crippen molar-refractivity contribution in [3.63, 3.8) is 0 Å². The number of halogens is 1. The summed E-state index contributed by atoms with van der Waals surface area (Å²) in [6, 6.07) is 6.95. The van der Waals surface area contributed by atoms with Crippen molar-refractivity contribution in [3.05, 3.63) is 62.7 Å². The van der Waals surface area contributed by atoms with Gasteiger partial charge in [-0.05, 0) is 55.0 Å². The molecule has 0 fully saturated rings. The first-order valence-electron chi connectivity index (χ1n) is 9.80. The van der Waals surface area contributed by atoms with Crippen molar-refractivity contribution < 1.29 is 4.79 Å². The van der Waals surface area contributed by atoms with E-state index in [0.29, 0.717) is 28.3 Å². The van der Waals surface area contributed by atoms with Crippen LogP contribution in [-0.4, -0.2) is 21.2 Å². The molecule has 2 heterocycles. The molecule has 1 N–H and O–H groups in total. The molecule has 1 aliphatic carbocycles. The van der Waals surface area contributed by atoms with E-state index in [0.717, 1.165) is 29.5 Å². The lowest BCUT2D eigenvalue weighted by Crippen LogP contribution is -2.24. The molecule has 2 aromatic heterocycles. The molecule has 1 aliphatic rings. The van der Waals surface area contributed by atoms with Crippen LogP contribution >= 0.6 is 34.7 Å². The number of aryl methyl sites for hydroxylation is 1. The van der Waals surface area contributed by atoms with Crippen molar-refractivity contribution in [2.24, 2.45) is 5.92 Å². The Kier molecular flexibility index (Phi) is 6.32.